The van der Waals surface area contributed by atoms with E-state index in [1.807, 2.05) is 13.8 Å². The standard InChI is InChI=1S/C15H21F2NO4.C4H6O4/c1-9(2)3-6-13(20)18-10-4-5-12(22-14(21)8-19)11(7-10)15(16)17;5-2-1(3(2)6)4(7)8/h4-5,7,9,14-15,19,21H,3,6,8H2,1-2H3,(H,18,20);1-3,5-6H,(H,7,8). The smallest absolute Gasteiger partial charge is 0.312 e. The van der Waals surface area contributed by atoms with Gasteiger partial charge in [0.1, 0.15) is 18.3 Å². The molecular formula is C19H27F2NO8. The van der Waals surface area contributed by atoms with Gasteiger partial charge in [-0.15, -0.1) is 0 Å². The molecule has 1 aliphatic carbocycles. The number of hydrogen-bond acceptors (Lipinski definition) is 7. The summed E-state index contributed by atoms with van der Waals surface area (Å²) in [5.41, 5.74) is -0.232. The summed E-state index contributed by atoms with van der Waals surface area (Å²) in [6.07, 6.45) is -5.47. The molecule has 3 atom stereocenters. The van der Waals surface area contributed by atoms with E-state index in [0.717, 1.165) is 6.07 Å². The molecule has 0 spiro atoms. The molecule has 0 aliphatic heterocycles. The van der Waals surface area contributed by atoms with Crippen LogP contribution < -0.4 is 10.1 Å². The number of alkyl halides is 2. The predicted molar refractivity (Wildman–Crippen MR) is 101 cm³/mol. The second-order valence-corrected chi connectivity index (χ2v) is 7.13. The molecule has 0 aromatic heterocycles. The molecule has 170 valence electrons. The second-order valence-electron chi connectivity index (χ2n) is 7.13. The summed E-state index contributed by atoms with van der Waals surface area (Å²) in [7, 11) is 0. The number of aliphatic carboxylic acids is 1. The fraction of sp³-hybridized carbons (Fsp3) is 0.579. The Morgan fingerprint density at radius 2 is 1.80 bits per heavy atom. The number of carboxylic acid groups (broad SMARTS) is 1. The van der Waals surface area contributed by atoms with E-state index in [9.17, 15) is 18.4 Å². The van der Waals surface area contributed by atoms with Crippen LogP contribution in [-0.2, 0) is 9.59 Å². The van der Waals surface area contributed by atoms with Crippen LogP contribution in [0.4, 0.5) is 14.5 Å². The highest BCUT2D eigenvalue weighted by molar-refractivity contribution is 5.90. The molecule has 1 aromatic rings. The van der Waals surface area contributed by atoms with Crippen molar-refractivity contribution in [3.8, 4) is 5.75 Å². The minimum Gasteiger partial charge on any atom is -0.481 e. The molecule has 0 bridgehead atoms. The third-order valence-corrected chi connectivity index (χ3v) is 4.13. The van der Waals surface area contributed by atoms with Gasteiger partial charge in [-0.25, -0.2) is 8.78 Å². The molecule has 2 rings (SSSR count). The van der Waals surface area contributed by atoms with Crippen LogP contribution in [0.3, 0.4) is 0 Å². The van der Waals surface area contributed by atoms with E-state index in [2.05, 4.69) is 5.32 Å². The molecular weight excluding hydrogens is 408 g/mol. The predicted octanol–water partition coefficient (Wildman–Crippen LogP) is 1.11. The van der Waals surface area contributed by atoms with Crippen LogP contribution in [0.15, 0.2) is 18.2 Å². The Balaban J connectivity index is 0.000000467. The van der Waals surface area contributed by atoms with E-state index in [1.165, 1.54) is 12.1 Å². The third-order valence-electron chi connectivity index (χ3n) is 4.13. The molecule has 9 nitrogen and oxygen atoms in total. The van der Waals surface area contributed by atoms with E-state index < -0.39 is 49.0 Å². The van der Waals surface area contributed by atoms with Crippen molar-refractivity contribution in [3.63, 3.8) is 0 Å². The Bertz CT molecular complexity index is 708. The van der Waals surface area contributed by atoms with Crippen molar-refractivity contribution in [3.05, 3.63) is 23.8 Å². The van der Waals surface area contributed by atoms with Crippen LogP contribution >= 0.6 is 0 Å². The van der Waals surface area contributed by atoms with E-state index in [-0.39, 0.29) is 17.3 Å². The zero-order chi connectivity index (χ0) is 23.0. The largest absolute Gasteiger partial charge is 0.481 e. The van der Waals surface area contributed by atoms with Crippen molar-refractivity contribution in [2.75, 3.05) is 11.9 Å². The highest BCUT2D eigenvalue weighted by Crippen LogP contribution is 2.32. The van der Waals surface area contributed by atoms with Gasteiger partial charge in [0.05, 0.1) is 17.8 Å². The number of ether oxygens (including phenoxy) is 1. The third kappa shape index (κ3) is 8.19. The van der Waals surface area contributed by atoms with Gasteiger partial charge in [0.25, 0.3) is 6.43 Å². The topological polar surface area (TPSA) is 157 Å². The van der Waals surface area contributed by atoms with Crippen molar-refractivity contribution < 1.29 is 48.6 Å². The average molecular weight is 435 g/mol. The lowest BCUT2D eigenvalue weighted by atomic mass is 10.1. The highest BCUT2D eigenvalue weighted by atomic mass is 19.3. The molecule has 0 saturated heterocycles. The summed E-state index contributed by atoms with van der Waals surface area (Å²) in [5, 5.41) is 45.3. The normalized spacial score (nSPS) is 20.9. The van der Waals surface area contributed by atoms with Crippen LogP contribution in [0.2, 0.25) is 0 Å². The Kier molecular flexibility index (Phi) is 10.1. The molecule has 3 unspecified atom stereocenters. The van der Waals surface area contributed by atoms with Crippen LogP contribution in [0.5, 0.6) is 5.75 Å². The van der Waals surface area contributed by atoms with Crippen LogP contribution in [-0.4, -0.2) is 62.5 Å². The molecule has 1 aromatic carbocycles. The number of benzene rings is 1. The minimum absolute atomic E-state index is 0.231. The first-order chi connectivity index (χ1) is 14.0. The van der Waals surface area contributed by atoms with Gasteiger partial charge in [-0.3, -0.25) is 9.59 Å². The number of rotatable bonds is 9. The minimum atomic E-state index is -2.84. The number of aliphatic hydroxyl groups is 4. The Morgan fingerprint density at radius 3 is 2.20 bits per heavy atom. The molecule has 1 fully saturated rings. The summed E-state index contributed by atoms with van der Waals surface area (Å²) in [6, 6.07) is 3.72. The Hall–Kier alpha value is -2.34. The van der Waals surface area contributed by atoms with Gasteiger partial charge in [0.2, 0.25) is 12.2 Å². The number of hydrogen-bond donors (Lipinski definition) is 6. The lowest BCUT2D eigenvalue weighted by molar-refractivity contribution is -0.139. The Morgan fingerprint density at radius 1 is 1.20 bits per heavy atom. The van der Waals surface area contributed by atoms with Gasteiger partial charge in [0, 0.05) is 12.1 Å². The van der Waals surface area contributed by atoms with Gasteiger partial charge in [-0.1, -0.05) is 13.8 Å². The van der Waals surface area contributed by atoms with Crippen molar-refractivity contribution in [1.29, 1.82) is 0 Å². The first kappa shape index (κ1) is 25.7. The Labute approximate surface area is 171 Å². The maximum atomic E-state index is 13.0. The lowest BCUT2D eigenvalue weighted by Gasteiger charge is -2.16. The number of carboxylic acids is 1. The number of anilines is 1. The van der Waals surface area contributed by atoms with Crippen molar-refractivity contribution in [2.24, 2.45) is 11.8 Å². The molecule has 0 radical (unpaired) electrons. The lowest BCUT2D eigenvalue weighted by Crippen LogP contribution is -2.20. The maximum absolute atomic E-state index is 13.0. The maximum Gasteiger partial charge on any atom is 0.312 e. The summed E-state index contributed by atoms with van der Waals surface area (Å²) < 4.78 is 30.8. The van der Waals surface area contributed by atoms with Gasteiger partial charge in [-0.2, -0.15) is 0 Å². The fourth-order valence-electron chi connectivity index (χ4n) is 2.30. The quantitative estimate of drug-likeness (QED) is 0.315. The molecule has 11 heteroatoms. The second kappa shape index (κ2) is 11.7. The van der Waals surface area contributed by atoms with Crippen LogP contribution in [0.25, 0.3) is 0 Å². The average Bonchev–Trinajstić information content (AvgIpc) is 3.27. The number of nitrogens with one attached hydrogen (secondary N) is 1. The summed E-state index contributed by atoms with van der Waals surface area (Å²) in [5.74, 6) is -2.19. The van der Waals surface area contributed by atoms with Gasteiger partial charge < -0.3 is 35.6 Å². The van der Waals surface area contributed by atoms with Gasteiger partial charge in [0.15, 0.2) is 0 Å². The molecule has 1 saturated carbocycles. The zero-order valence-electron chi connectivity index (χ0n) is 16.5. The zero-order valence-corrected chi connectivity index (χ0v) is 16.5. The number of halogens is 2. The van der Waals surface area contributed by atoms with E-state index in [1.54, 1.807) is 0 Å². The fourth-order valence-corrected chi connectivity index (χ4v) is 2.30. The van der Waals surface area contributed by atoms with E-state index >= 15 is 0 Å². The number of carbonyl (C=O) groups excluding carboxylic acids is 1. The SMILES string of the molecule is CC(C)CCC(=O)Nc1ccc(OC(O)CO)c(C(F)F)c1.O=C(O)C1C(O)C1O. The molecule has 1 aliphatic rings. The highest BCUT2D eigenvalue weighted by Gasteiger charge is 2.53. The van der Waals surface area contributed by atoms with Gasteiger partial charge in [-0.05, 0) is 30.5 Å². The molecule has 1 amide bonds. The first-order valence-electron chi connectivity index (χ1n) is 9.24. The molecule has 6 N–H and O–H groups in total. The van der Waals surface area contributed by atoms with Crippen LogP contribution in [0, 0.1) is 11.8 Å². The molecule has 30 heavy (non-hydrogen) atoms. The van der Waals surface area contributed by atoms with E-state index in [4.69, 9.17) is 30.3 Å². The number of carbonyl (C=O) groups is 2. The van der Waals surface area contributed by atoms with E-state index in [0.29, 0.717) is 18.8 Å². The van der Waals surface area contributed by atoms with Crippen molar-refractivity contribution in [2.45, 2.75) is 51.6 Å². The first-order valence-corrected chi connectivity index (χ1v) is 9.24. The van der Waals surface area contributed by atoms with Crippen molar-refractivity contribution >= 4 is 17.6 Å². The number of amides is 1. The van der Waals surface area contributed by atoms with Gasteiger partial charge >= 0.3 is 5.97 Å². The van der Waals surface area contributed by atoms with Crippen molar-refractivity contribution in [1.82, 2.24) is 0 Å². The number of aliphatic hydroxyl groups excluding tert-OH is 4. The summed E-state index contributed by atoms with van der Waals surface area (Å²) in [4.78, 5) is 21.6. The van der Waals surface area contributed by atoms with Crippen LogP contribution in [0.1, 0.15) is 38.7 Å². The summed E-state index contributed by atoms with van der Waals surface area (Å²) >= 11 is 0. The summed E-state index contributed by atoms with van der Waals surface area (Å²) in [6.45, 7) is 3.26. The monoisotopic (exact) mass is 435 g/mol. The molecule has 0 heterocycles.